The van der Waals surface area contributed by atoms with Gasteiger partial charge in [0.1, 0.15) is 0 Å². The number of aliphatic carboxylic acids is 1. The van der Waals surface area contributed by atoms with Crippen molar-refractivity contribution in [3.63, 3.8) is 0 Å². The van der Waals surface area contributed by atoms with Crippen molar-refractivity contribution < 1.29 is 19.5 Å². The van der Waals surface area contributed by atoms with Crippen molar-refractivity contribution in [1.29, 1.82) is 0 Å². The maximum Gasteiger partial charge on any atom is 0.317 e. The first-order valence-corrected chi connectivity index (χ1v) is 10.6. The largest absolute Gasteiger partial charge is 0.481 e. The molecule has 2 amide bonds. The minimum Gasteiger partial charge on any atom is -0.481 e. The van der Waals surface area contributed by atoms with Crippen molar-refractivity contribution in [1.82, 2.24) is 10.2 Å². The summed E-state index contributed by atoms with van der Waals surface area (Å²) in [5.74, 6) is -0.840. The van der Waals surface area contributed by atoms with E-state index >= 15 is 0 Å². The van der Waals surface area contributed by atoms with E-state index in [9.17, 15) is 19.5 Å². The summed E-state index contributed by atoms with van der Waals surface area (Å²) in [6, 6.07) is 9.68. The van der Waals surface area contributed by atoms with Crippen LogP contribution in [0.4, 0.5) is 4.79 Å². The lowest BCUT2D eigenvalue weighted by molar-refractivity contribution is -0.145. The van der Waals surface area contributed by atoms with Crippen LogP contribution in [-0.4, -0.2) is 52.5 Å². The Labute approximate surface area is 172 Å². The van der Waals surface area contributed by atoms with Gasteiger partial charge in [-0.2, -0.15) is 0 Å². The van der Waals surface area contributed by atoms with Crippen LogP contribution in [-0.2, 0) is 16.0 Å². The topological polar surface area (TPSA) is 86.7 Å². The molecule has 1 aromatic carbocycles. The van der Waals surface area contributed by atoms with Gasteiger partial charge in [0.25, 0.3) is 0 Å². The number of nitrogens with zero attached hydrogens (tertiary/aromatic N) is 1. The standard InChI is InChI=1S/C21H32N2O4S/c1-5-18(19(25)26)21(3,4)15-22-20(27)23(13-14-28-16(2)24)12-11-17-9-7-6-8-10-17/h6-10,18H,5,11-15H2,1-4H3,(H,22,27)(H,25,26)/t18-/m1/s1. The van der Waals surface area contributed by atoms with Crippen LogP contribution in [0.2, 0.25) is 0 Å². The number of nitrogens with one attached hydrogen (secondary N) is 1. The number of benzene rings is 1. The summed E-state index contributed by atoms with van der Waals surface area (Å²) in [4.78, 5) is 37.1. The van der Waals surface area contributed by atoms with E-state index in [1.165, 1.54) is 18.7 Å². The first-order chi connectivity index (χ1) is 13.2. The predicted octanol–water partition coefficient (Wildman–Crippen LogP) is 3.66. The van der Waals surface area contributed by atoms with Crippen LogP contribution in [0.3, 0.4) is 0 Å². The van der Waals surface area contributed by atoms with Crippen molar-refractivity contribution in [2.75, 3.05) is 25.4 Å². The first kappa shape index (κ1) is 24.0. The van der Waals surface area contributed by atoms with Crippen LogP contribution < -0.4 is 5.32 Å². The third kappa shape index (κ3) is 8.33. The third-order valence-corrected chi connectivity index (χ3v) is 5.61. The highest BCUT2D eigenvalue weighted by molar-refractivity contribution is 8.13. The molecule has 0 aromatic heterocycles. The Kier molecular flexibility index (Phi) is 10.1. The number of carboxylic acids is 1. The quantitative estimate of drug-likeness (QED) is 0.583. The second kappa shape index (κ2) is 11.7. The van der Waals surface area contributed by atoms with E-state index in [0.29, 0.717) is 25.3 Å². The summed E-state index contributed by atoms with van der Waals surface area (Å²) in [6.45, 7) is 8.33. The van der Waals surface area contributed by atoms with Gasteiger partial charge in [0.05, 0.1) is 5.92 Å². The van der Waals surface area contributed by atoms with Crippen LogP contribution >= 0.6 is 11.8 Å². The van der Waals surface area contributed by atoms with Crippen LogP contribution in [0.25, 0.3) is 0 Å². The van der Waals surface area contributed by atoms with E-state index in [2.05, 4.69) is 5.32 Å². The fourth-order valence-corrected chi connectivity index (χ4v) is 3.72. The molecule has 0 spiro atoms. The van der Waals surface area contributed by atoms with Gasteiger partial charge < -0.3 is 15.3 Å². The lowest BCUT2D eigenvalue weighted by Gasteiger charge is -2.32. The molecule has 2 N–H and O–H groups in total. The van der Waals surface area contributed by atoms with E-state index in [0.717, 1.165) is 12.0 Å². The van der Waals surface area contributed by atoms with Gasteiger partial charge in [-0.25, -0.2) is 4.79 Å². The average Bonchev–Trinajstić information content (AvgIpc) is 2.63. The highest BCUT2D eigenvalue weighted by Crippen LogP contribution is 2.29. The summed E-state index contributed by atoms with van der Waals surface area (Å²) >= 11 is 1.20. The number of carbonyl (C=O) groups excluding carboxylic acids is 2. The lowest BCUT2D eigenvalue weighted by atomic mass is 9.77. The molecule has 0 fully saturated rings. The minimum absolute atomic E-state index is 0.0248. The molecule has 0 bridgehead atoms. The van der Waals surface area contributed by atoms with Gasteiger partial charge in [0.2, 0.25) is 0 Å². The Bertz CT molecular complexity index is 649. The fraction of sp³-hybridized carbons (Fsp3) is 0.571. The fourth-order valence-electron chi connectivity index (χ4n) is 3.12. The molecule has 7 heteroatoms. The Morgan fingerprint density at radius 1 is 1.18 bits per heavy atom. The molecule has 0 heterocycles. The van der Waals surface area contributed by atoms with Crippen molar-refractivity contribution >= 4 is 28.9 Å². The Hall–Kier alpha value is -2.02. The summed E-state index contributed by atoms with van der Waals surface area (Å²) in [7, 11) is 0. The van der Waals surface area contributed by atoms with Crippen LogP contribution in [0.1, 0.15) is 39.7 Å². The molecule has 156 valence electrons. The monoisotopic (exact) mass is 408 g/mol. The molecular formula is C21H32N2O4S. The van der Waals surface area contributed by atoms with Gasteiger partial charge in [0, 0.05) is 32.3 Å². The number of urea groups is 1. The van der Waals surface area contributed by atoms with Crippen LogP contribution in [0, 0.1) is 11.3 Å². The Morgan fingerprint density at radius 2 is 1.82 bits per heavy atom. The van der Waals surface area contributed by atoms with Crippen molar-refractivity contribution in [2.24, 2.45) is 11.3 Å². The zero-order chi connectivity index (χ0) is 21.2. The summed E-state index contributed by atoms with van der Waals surface area (Å²) < 4.78 is 0. The molecule has 28 heavy (non-hydrogen) atoms. The summed E-state index contributed by atoms with van der Waals surface area (Å²) in [5, 5.41) is 12.3. The van der Waals surface area contributed by atoms with Crippen LogP contribution in [0.5, 0.6) is 0 Å². The number of carbonyl (C=O) groups is 3. The van der Waals surface area contributed by atoms with E-state index in [1.807, 2.05) is 51.1 Å². The van der Waals surface area contributed by atoms with E-state index < -0.39 is 17.3 Å². The number of carboxylic acid groups (broad SMARTS) is 1. The summed E-state index contributed by atoms with van der Waals surface area (Å²) in [5.41, 5.74) is 0.576. The zero-order valence-electron chi connectivity index (χ0n) is 17.2. The number of thioether (sulfide) groups is 1. The number of hydrogen-bond acceptors (Lipinski definition) is 4. The van der Waals surface area contributed by atoms with E-state index in [1.54, 1.807) is 4.90 Å². The maximum atomic E-state index is 12.7. The second-order valence-corrected chi connectivity index (χ2v) is 8.78. The molecule has 0 radical (unpaired) electrons. The van der Waals surface area contributed by atoms with Gasteiger partial charge in [-0.15, -0.1) is 0 Å². The molecule has 0 aliphatic rings. The number of amides is 2. The van der Waals surface area contributed by atoms with E-state index in [4.69, 9.17) is 0 Å². The second-order valence-electron chi connectivity index (χ2n) is 7.51. The Morgan fingerprint density at radius 3 is 2.36 bits per heavy atom. The Balaban J connectivity index is 2.71. The van der Waals surface area contributed by atoms with Gasteiger partial charge in [-0.05, 0) is 23.8 Å². The molecule has 0 saturated carbocycles. The predicted molar refractivity (Wildman–Crippen MR) is 113 cm³/mol. The van der Waals surface area contributed by atoms with Crippen molar-refractivity contribution in [3.8, 4) is 0 Å². The molecule has 0 unspecified atom stereocenters. The zero-order valence-corrected chi connectivity index (χ0v) is 18.1. The average molecular weight is 409 g/mol. The molecule has 0 aliphatic heterocycles. The SMILES string of the molecule is CC[C@H](C(=O)O)C(C)(C)CNC(=O)N(CCSC(C)=O)CCc1ccccc1. The van der Waals surface area contributed by atoms with Crippen molar-refractivity contribution in [2.45, 2.75) is 40.5 Å². The van der Waals surface area contributed by atoms with Gasteiger partial charge >= 0.3 is 12.0 Å². The third-order valence-electron chi connectivity index (χ3n) is 4.81. The molecule has 6 nitrogen and oxygen atoms in total. The van der Waals surface area contributed by atoms with Gasteiger partial charge in [-0.1, -0.05) is 62.9 Å². The molecule has 0 saturated heterocycles. The molecule has 1 atom stereocenters. The molecule has 1 rings (SSSR count). The van der Waals surface area contributed by atoms with E-state index in [-0.39, 0.29) is 17.7 Å². The molecule has 1 aromatic rings. The van der Waals surface area contributed by atoms with Gasteiger partial charge in [-0.3, -0.25) is 9.59 Å². The lowest BCUT2D eigenvalue weighted by Crippen LogP contribution is -2.47. The highest BCUT2D eigenvalue weighted by atomic mass is 32.2. The summed E-state index contributed by atoms with van der Waals surface area (Å²) in [6.07, 6.45) is 1.22. The smallest absolute Gasteiger partial charge is 0.317 e. The highest BCUT2D eigenvalue weighted by Gasteiger charge is 2.34. The van der Waals surface area contributed by atoms with Gasteiger partial charge in [0.15, 0.2) is 5.12 Å². The van der Waals surface area contributed by atoms with Crippen LogP contribution in [0.15, 0.2) is 30.3 Å². The normalized spacial score (nSPS) is 12.3. The van der Waals surface area contributed by atoms with Crippen molar-refractivity contribution in [3.05, 3.63) is 35.9 Å². The minimum atomic E-state index is -0.847. The number of rotatable bonds is 11. The number of hydrogen-bond donors (Lipinski definition) is 2. The first-order valence-electron chi connectivity index (χ1n) is 9.60. The molecular weight excluding hydrogens is 376 g/mol. The molecule has 0 aliphatic carbocycles. The maximum absolute atomic E-state index is 12.7.